The highest BCUT2D eigenvalue weighted by atomic mass is 16.5. The second-order valence-electron chi connectivity index (χ2n) is 7.36. The van der Waals surface area contributed by atoms with Crippen LogP contribution >= 0.6 is 0 Å². The number of ether oxygens (including phenoxy) is 2. The van der Waals surface area contributed by atoms with Crippen LogP contribution < -0.4 is 5.32 Å². The Morgan fingerprint density at radius 2 is 1.90 bits per heavy atom. The van der Waals surface area contributed by atoms with Crippen molar-refractivity contribution in [1.29, 1.82) is 0 Å². The van der Waals surface area contributed by atoms with E-state index in [4.69, 9.17) is 9.47 Å². The molecule has 1 aromatic heterocycles. The third-order valence-electron chi connectivity index (χ3n) is 5.39. The molecule has 8 nitrogen and oxygen atoms in total. The molecule has 1 N–H and O–H groups in total. The number of ketones is 1. The van der Waals surface area contributed by atoms with Gasteiger partial charge in [-0.1, -0.05) is 18.2 Å². The monoisotopic (exact) mass is 399 g/mol. The number of carbonyl (C=O) groups excluding carboxylic acids is 3. The van der Waals surface area contributed by atoms with Crippen molar-refractivity contribution in [3.8, 4) is 0 Å². The van der Waals surface area contributed by atoms with E-state index in [1.54, 1.807) is 16.8 Å². The minimum absolute atomic E-state index is 0.0728. The lowest BCUT2D eigenvalue weighted by molar-refractivity contribution is -0.130. The maximum Gasteiger partial charge on any atom is 0.295 e. The summed E-state index contributed by atoms with van der Waals surface area (Å²) in [5, 5.41) is 3.56. The zero-order valence-corrected chi connectivity index (χ0v) is 16.3. The van der Waals surface area contributed by atoms with Gasteiger partial charge >= 0.3 is 0 Å². The number of hydrogen-bond acceptors (Lipinski definition) is 5. The Kier molecular flexibility index (Phi) is 5.92. The van der Waals surface area contributed by atoms with E-state index in [0.717, 1.165) is 25.0 Å². The van der Waals surface area contributed by atoms with Crippen LogP contribution in [-0.2, 0) is 25.6 Å². The summed E-state index contributed by atoms with van der Waals surface area (Å²) in [5.74, 6) is -1.24. The summed E-state index contributed by atoms with van der Waals surface area (Å²) < 4.78 is 12.5. The summed E-state index contributed by atoms with van der Waals surface area (Å²) in [6.45, 7) is 3.00. The highest BCUT2D eigenvalue weighted by molar-refractivity contribution is 6.44. The molecule has 154 valence electrons. The lowest BCUT2D eigenvalue weighted by atomic mass is 10.1. The zero-order valence-electron chi connectivity index (χ0n) is 16.3. The summed E-state index contributed by atoms with van der Waals surface area (Å²) in [7, 11) is 0. The Morgan fingerprint density at radius 3 is 2.66 bits per heavy atom. The number of fused-ring (bicyclic) bond motifs is 1. The summed E-state index contributed by atoms with van der Waals surface area (Å²) in [6, 6.07) is 7.32. The van der Waals surface area contributed by atoms with Gasteiger partial charge in [-0.25, -0.2) is 0 Å². The van der Waals surface area contributed by atoms with E-state index in [2.05, 4.69) is 5.32 Å². The maximum absolute atomic E-state index is 12.9. The number of Topliss-reactive ketones (excluding diaryl/α,β-unsaturated/α-hetero) is 1. The minimum Gasteiger partial charge on any atom is -0.378 e. The van der Waals surface area contributed by atoms with Gasteiger partial charge in [0.05, 0.1) is 24.9 Å². The topological polar surface area (TPSA) is 89.9 Å². The molecule has 2 aliphatic heterocycles. The van der Waals surface area contributed by atoms with Gasteiger partial charge in [-0.05, 0) is 18.9 Å². The number of aromatic nitrogens is 1. The smallest absolute Gasteiger partial charge is 0.295 e. The molecule has 0 aliphatic carbocycles. The molecule has 0 unspecified atom stereocenters. The molecular formula is C21H25N3O5. The fourth-order valence-corrected chi connectivity index (χ4v) is 3.83. The van der Waals surface area contributed by atoms with Gasteiger partial charge in [-0.15, -0.1) is 0 Å². The van der Waals surface area contributed by atoms with Crippen molar-refractivity contribution in [1.82, 2.24) is 14.8 Å². The summed E-state index contributed by atoms with van der Waals surface area (Å²) in [4.78, 5) is 39.5. The van der Waals surface area contributed by atoms with E-state index in [0.29, 0.717) is 43.8 Å². The van der Waals surface area contributed by atoms with Crippen LogP contribution in [0.5, 0.6) is 0 Å². The second-order valence-corrected chi connectivity index (χ2v) is 7.36. The molecule has 2 fully saturated rings. The van der Waals surface area contributed by atoms with Crippen molar-refractivity contribution in [3.05, 3.63) is 36.0 Å². The highest BCUT2D eigenvalue weighted by Gasteiger charge is 2.27. The van der Waals surface area contributed by atoms with Gasteiger partial charge in [0, 0.05) is 43.3 Å². The molecule has 0 saturated carbocycles. The number of carbonyl (C=O) groups is 3. The van der Waals surface area contributed by atoms with Crippen LogP contribution in [0.2, 0.25) is 0 Å². The Balaban J connectivity index is 1.50. The minimum atomic E-state index is -0.554. The Labute approximate surface area is 168 Å². The Bertz CT molecular complexity index is 910. The van der Waals surface area contributed by atoms with Gasteiger partial charge in [-0.2, -0.15) is 0 Å². The number of amides is 2. The molecule has 0 radical (unpaired) electrons. The first-order valence-electron chi connectivity index (χ1n) is 10.0. The third kappa shape index (κ3) is 4.33. The third-order valence-corrected chi connectivity index (χ3v) is 5.39. The van der Waals surface area contributed by atoms with Crippen LogP contribution in [0.1, 0.15) is 23.2 Å². The van der Waals surface area contributed by atoms with E-state index in [1.807, 2.05) is 18.2 Å². The van der Waals surface area contributed by atoms with Gasteiger partial charge in [0.25, 0.3) is 11.7 Å². The number of nitrogens with one attached hydrogen (secondary N) is 1. The quantitative estimate of drug-likeness (QED) is 0.578. The fourth-order valence-electron chi connectivity index (χ4n) is 3.83. The van der Waals surface area contributed by atoms with Gasteiger partial charge in [0.1, 0.15) is 6.54 Å². The molecule has 2 amide bonds. The molecule has 2 aliphatic rings. The van der Waals surface area contributed by atoms with E-state index < -0.39 is 11.7 Å². The van der Waals surface area contributed by atoms with Crippen LogP contribution in [0.4, 0.5) is 0 Å². The molecule has 2 saturated heterocycles. The molecule has 8 heteroatoms. The summed E-state index contributed by atoms with van der Waals surface area (Å²) >= 11 is 0. The van der Waals surface area contributed by atoms with Crippen LogP contribution in [-0.4, -0.2) is 72.6 Å². The SMILES string of the molecule is O=C(Cn1cc(C(=O)C(=O)N2CCOCC2)c2ccccc21)NC[C@H]1CCCO1. The van der Waals surface area contributed by atoms with E-state index >= 15 is 0 Å². The molecule has 1 atom stereocenters. The van der Waals surface area contributed by atoms with Crippen molar-refractivity contribution < 1.29 is 23.9 Å². The van der Waals surface area contributed by atoms with Crippen molar-refractivity contribution in [3.63, 3.8) is 0 Å². The van der Waals surface area contributed by atoms with Gasteiger partial charge < -0.3 is 24.3 Å². The number of para-hydroxylation sites is 1. The number of morpholine rings is 1. The highest BCUT2D eigenvalue weighted by Crippen LogP contribution is 2.22. The average Bonchev–Trinajstić information content (AvgIpc) is 3.40. The predicted molar refractivity (Wildman–Crippen MR) is 106 cm³/mol. The average molecular weight is 399 g/mol. The molecule has 2 aromatic rings. The van der Waals surface area contributed by atoms with E-state index in [9.17, 15) is 14.4 Å². The first kappa shape index (κ1) is 19.6. The second kappa shape index (κ2) is 8.75. The first-order valence-corrected chi connectivity index (χ1v) is 10.0. The number of rotatable bonds is 6. The number of nitrogens with zero attached hydrogens (tertiary/aromatic N) is 2. The lowest BCUT2D eigenvalue weighted by Crippen LogP contribution is -2.44. The number of hydrogen-bond donors (Lipinski definition) is 1. The summed E-state index contributed by atoms with van der Waals surface area (Å²) in [6.07, 6.45) is 3.65. The van der Waals surface area contributed by atoms with Crippen molar-refractivity contribution in [2.24, 2.45) is 0 Å². The molecule has 0 bridgehead atoms. The van der Waals surface area contributed by atoms with Crippen molar-refractivity contribution >= 4 is 28.5 Å². The van der Waals surface area contributed by atoms with E-state index in [-0.39, 0.29) is 18.6 Å². The molecule has 4 rings (SSSR count). The van der Waals surface area contributed by atoms with E-state index in [1.165, 1.54) is 4.90 Å². The molecule has 0 spiro atoms. The Morgan fingerprint density at radius 1 is 1.10 bits per heavy atom. The van der Waals surface area contributed by atoms with Crippen molar-refractivity contribution in [2.45, 2.75) is 25.5 Å². The predicted octanol–water partition coefficient (Wildman–Crippen LogP) is 0.978. The maximum atomic E-state index is 12.9. The van der Waals surface area contributed by atoms with Gasteiger partial charge in [-0.3, -0.25) is 14.4 Å². The first-order chi connectivity index (χ1) is 14.1. The van der Waals surface area contributed by atoms with Crippen molar-refractivity contribution in [2.75, 3.05) is 39.5 Å². The molecular weight excluding hydrogens is 374 g/mol. The fraction of sp³-hybridized carbons (Fsp3) is 0.476. The molecule has 29 heavy (non-hydrogen) atoms. The zero-order chi connectivity index (χ0) is 20.2. The summed E-state index contributed by atoms with van der Waals surface area (Å²) in [5.41, 5.74) is 1.07. The van der Waals surface area contributed by atoms with Gasteiger partial charge in [0.15, 0.2) is 0 Å². The normalized spacial score (nSPS) is 19.4. The molecule has 3 heterocycles. The standard InChI is InChI=1S/C21H25N3O5/c25-19(22-12-15-4-3-9-29-15)14-24-13-17(16-5-1-2-6-18(16)24)20(26)21(27)23-7-10-28-11-8-23/h1-2,5-6,13,15H,3-4,7-12,14H2,(H,22,25)/t15-/m1/s1. The van der Waals surface area contributed by atoms with Gasteiger partial charge in [0.2, 0.25) is 5.91 Å². The number of benzene rings is 1. The van der Waals surface area contributed by atoms with Crippen LogP contribution in [0, 0.1) is 0 Å². The van der Waals surface area contributed by atoms with Crippen LogP contribution in [0.25, 0.3) is 10.9 Å². The van der Waals surface area contributed by atoms with Crippen LogP contribution in [0.15, 0.2) is 30.5 Å². The Hall–Kier alpha value is -2.71. The van der Waals surface area contributed by atoms with Crippen LogP contribution in [0.3, 0.4) is 0 Å². The largest absolute Gasteiger partial charge is 0.378 e. The lowest BCUT2D eigenvalue weighted by Gasteiger charge is -2.25. The molecule has 1 aromatic carbocycles.